The Morgan fingerprint density at radius 1 is 1.41 bits per heavy atom. The van der Waals surface area contributed by atoms with Gasteiger partial charge in [0.05, 0.1) is 0 Å². The molecule has 0 amide bonds. The molecule has 0 spiro atoms. The molecule has 94 valence electrons. The molecular formula is C13H17F2NO. The highest BCUT2D eigenvalue weighted by atomic mass is 19.1. The maximum absolute atomic E-state index is 13.3. The third-order valence-corrected chi connectivity index (χ3v) is 2.48. The molecule has 1 aromatic rings. The minimum atomic E-state index is -0.532. The zero-order chi connectivity index (χ0) is 12.8. The fourth-order valence-corrected chi connectivity index (χ4v) is 1.73. The van der Waals surface area contributed by atoms with E-state index in [1.54, 1.807) is 0 Å². The van der Waals surface area contributed by atoms with E-state index in [1.807, 2.05) is 13.8 Å². The molecule has 2 nitrogen and oxygen atoms in total. The highest BCUT2D eigenvalue weighted by Gasteiger charge is 2.12. The average molecular weight is 241 g/mol. The molecular weight excluding hydrogens is 224 g/mol. The van der Waals surface area contributed by atoms with Gasteiger partial charge in [-0.25, -0.2) is 8.78 Å². The Balaban J connectivity index is 2.58. The van der Waals surface area contributed by atoms with Gasteiger partial charge in [0.1, 0.15) is 17.4 Å². The molecule has 1 unspecified atom stereocenters. The van der Waals surface area contributed by atoms with E-state index in [1.165, 1.54) is 0 Å². The van der Waals surface area contributed by atoms with E-state index in [2.05, 4.69) is 5.32 Å². The van der Waals surface area contributed by atoms with Crippen molar-refractivity contribution in [2.45, 2.75) is 32.7 Å². The monoisotopic (exact) mass is 241 g/mol. The standard InChI is InChI=1S/C13H17F2NO/c1-3-16-9(2)6-12(17)8-10-7-11(14)4-5-13(10)15/h4-5,7,9,16H,3,6,8H2,1-2H3. The quantitative estimate of drug-likeness (QED) is 0.829. The SMILES string of the molecule is CCNC(C)CC(=O)Cc1cc(F)ccc1F. The lowest BCUT2D eigenvalue weighted by atomic mass is 10.0. The smallest absolute Gasteiger partial charge is 0.138 e. The molecule has 0 heterocycles. The zero-order valence-corrected chi connectivity index (χ0v) is 10.1. The molecule has 0 aliphatic carbocycles. The summed E-state index contributed by atoms with van der Waals surface area (Å²) in [5.41, 5.74) is 0.124. The van der Waals surface area contributed by atoms with E-state index in [-0.39, 0.29) is 23.8 Å². The average Bonchev–Trinajstić information content (AvgIpc) is 2.23. The summed E-state index contributed by atoms with van der Waals surface area (Å²) in [6.45, 7) is 4.62. The van der Waals surface area contributed by atoms with Crippen molar-refractivity contribution in [3.8, 4) is 0 Å². The molecule has 1 rings (SSSR count). The van der Waals surface area contributed by atoms with Gasteiger partial charge in [0, 0.05) is 18.9 Å². The molecule has 0 aliphatic heterocycles. The molecule has 0 fully saturated rings. The number of nitrogens with one attached hydrogen (secondary N) is 1. The van der Waals surface area contributed by atoms with Crippen molar-refractivity contribution in [2.75, 3.05) is 6.54 Å². The van der Waals surface area contributed by atoms with Crippen LogP contribution in [0.15, 0.2) is 18.2 Å². The molecule has 0 saturated heterocycles. The van der Waals surface area contributed by atoms with Crippen LogP contribution in [0.3, 0.4) is 0 Å². The highest BCUT2D eigenvalue weighted by Crippen LogP contribution is 2.11. The summed E-state index contributed by atoms with van der Waals surface area (Å²) >= 11 is 0. The van der Waals surface area contributed by atoms with Crippen LogP contribution in [0.5, 0.6) is 0 Å². The van der Waals surface area contributed by atoms with Crippen molar-refractivity contribution in [2.24, 2.45) is 0 Å². The molecule has 0 radical (unpaired) electrons. The van der Waals surface area contributed by atoms with Crippen LogP contribution in [-0.4, -0.2) is 18.4 Å². The van der Waals surface area contributed by atoms with Gasteiger partial charge in [-0.3, -0.25) is 4.79 Å². The molecule has 17 heavy (non-hydrogen) atoms. The van der Waals surface area contributed by atoms with Crippen molar-refractivity contribution in [3.63, 3.8) is 0 Å². The molecule has 1 N–H and O–H groups in total. The second kappa shape index (κ2) is 6.45. The van der Waals surface area contributed by atoms with Crippen LogP contribution >= 0.6 is 0 Å². The molecule has 0 saturated carbocycles. The molecule has 0 bridgehead atoms. The number of halogens is 2. The number of hydrogen-bond donors (Lipinski definition) is 1. The second-order valence-electron chi connectivity index (χ2n) is 4.11. The van der Waals surface area contributed by atoms with Gasteiger partial charge in [0.15, 0.2) is 0 Å². The minimum Gasteiger partial charge on any atom is -0.314 e. The molecule has 4 heteroatoms. The predicted molar refractivity (Wildman–Crippen MR) is 62.8 cm³/mol. The summed E-state index contributed by atoms with van der Waals surface area (Å²) in [6, 6.07) is 3.23. The summed E-state index contributed by atoms with van der Waals surface area (Å²) in [6.07, 6.45) is 0.267. The van der Waals surface area contributed by atoms with Gasteiger partial charge < -0.3 is 5.32 Å². The Labute approximate surface area is 100 Å². The van der Waals surface area contributed by atoms with Gasteiger partial charge in [-0.15, -0.1) is 0 Å². The topological polar surface area (TPSA) is 29.1 Å². The minimum absolute atomic E-state index is 0.0562. The van der Waals surface area contributed by atoms with Gasteiger partial charge in [-0.1, -0.05) is 6.92 Å². The third kappa shape index (κ3) is 4.61. The summed E-state index contributed by atoms with van der Waals surface area (Å²) in [5, 5.41) is 3.10. The summed E-state index contributed by atoms with van der Waals surface area (Å²) in [4.78, 5) is 11.6. The molecule has 1 atom stereocenters. The largest absolute Gasteiger partial charge is 0.314 e. The Bertz CT molecular complexity index is 393. The van der Waals surface area contributed by atoms with Crippen LogP contribution in [0.4, 0.5) is 8.78 Å². The first-order chi connectivity index (χ1) is 8.02. The van der Waals surface area contributed by atoms with Crippen molar-refractivity contribution in [1.29, 1.82) is 0 Å². The van der Waals surface area contributed by atoms with Gasteiger partial charge in [-0.05, 0) is 37.2 Å². The number of ketones is 1. The number of carbonyl (C=O) groups excluding carboxylic acids is 1. The fourth-order valence-electron chi connectivity index (χ4n) is 1.73. The van der Waals surface area contributed by atoms with Gasteiger partial charge in [0.2, 0.25) is 0 Å². The highest BCUT2D eigenvalue weighted by molar-refractivity contribution is 5.81. The fraction of sp³-hybridized carbons (Fsp3) is 0.462. The summed E-state index contributed by atoms with van der Waals surface area (Å²) in [5.74, 6) is -1.15. The van der Waals surface area contributed by atoms with Crippen LogP contribution in [0.1, 0.15) is 25.8 Å². The molecule has 0 aromatic heterocycles. The Hall–Kier alpha value is -1.29. The van der Waals surface area contributed by atoms with E-state index in [4.69, 9.17) is 0 Å². The molecule has 0 aliphatic rings. The van der Waals surface area contributed by atoms with Gasteiger partial charge in [-0.2, -0.15) is 0 Å². The van der Waals surface area contributed by atoms with Crippen molar-refractivity contribution in [1.82, 2.24) is 5.32 Å². The normalized spacial score (nSPS) is 12.5. The zero-order valence-electron chi connectivity index (χ0n) is 10.1. The van der Waals surface area contributed by atoms with Crippen molar-refractivity contribution >= 4 is 5.78 Å². The lowest BCUT2D eigenvalue weighted by Crippen LogP contribution is -2.28. The lowest BCUT2D eigenvalue weighted by molar-refractivity contribution is -0.118. The first-order valence-electron chi connectivity index (χ1n) is 5.72. The van der Waals surface area contributed by atoms with Gasteiger partial charge >= 0.3 is 0 Å². The third-order valence-electron chi connectivity index (χ3n) is 2.48. The Morgan fingerprint density at radius 3 is 2.76 bits per heavy atom. The predicted octanol–water partition coefficient (Wildman–Crippen LogP) is 2.46. The number of rotatable bonds is 6. The first kappa shape index (κ1) is 13.8. The summed E-state index contributed by atoms with van der Waals surface area (Å²) in [7, 11) is 0. The van der Waals surface area contributed by atoms with Crippen LogP contribution in [-0.2, 0) is 11.2 Å². The van der Waals surface area contributed by atoms with E-state index >= 15 is 0 Å². The first-order valence-corrected chi connectivity index (χ1v) is 5.72. The number of benzene rings is 1. The van der Waals surface area contributed by atoms with Gasteiger partial charge in [0.25, 0.3) is 0 Å². The van der Waals surface area contributed by atoms with Crippen LogP contribution in [0.25, 0.3) is 0 Å². The summed E-state index contributed by atoms with van der Waals surface area (Å²) < 4.78 is 26.2. The second-order valence-corrected chi connectivity index (χ2v) is 4.11. The van der Waals surface area contributed by atoms with Crippen LogP contribution in [0.2, 0.25) is 0 Å². The number of Topliss-reactive ketones (excluding diaryl/α,β-unsaturated/α-hetero) is 1. The van der Waals surface area contributed by atoms with E-state index in [0.717, 1.165) is 24.7 Å². The maximum Gasteiger partial charge on any atom is 0.138 e. The van der Waals surface area contributed by atoms with E-state index < -0.39 is 11.6 Å². The Kier molecular flexibility index (Phi) is 5.22. The number of carbonyl (C=O) groups is 1. The van der Waals surface area contributed by atoms with Crippen LogP contribution < -0.4 is 5.32 Å². The Morgan fingerprint density at radius 2 is 2.12 bits per heavy atom. The number of hydrogen-bond acceptors (Lipinski definition) is 2. The van der Waals surface area contributed by atoms with Crippen LogP contribution in [0, 0.1) is 11.6 Å². The van der Waals surface area contributed by atoms with Crippen molar-refractivity contribution < 1.29 is 13.6 Å². The van der Waals surface area contributed by atoms with E-state index in [0.29, 0.717) is 6.42 Å². The van der Waals surface area contributed by atoms with Crippen molar-refractivity contribution in [3.05, 3.63) is 35.4 Å². The maximum atomic E-state index is 13.3. The lowest BCUT2D eigenvalue weighted by Gasteiger charge is -2.11. The van der Waals surface area contributed by atoms with E-state index in [9.17, 15) is 13.6 Å². The molecule has 1 aromatic carbocycles.